The summed E-state index contributed by atoms with van der Waals surface area (Å²) in [5, 5.41) is 10.7. The average molecular weight is 742 g/mol. The SMILES string of the molecule is CCOc1cc(/C=C2\SC(=Nc3ccc(OC)cc3)N(Cc3ccc(C(=O)O)cc3)C2=O)cc(Br)c1OCc1ccc(Cl)c(Cl)c1. The number of amidine groups is 1. The summed E-state index contributed by atoms with van der Waals surface area (Å²) in [6, 6.07) is 22.6. The van der Waals surface area contributed by atoms with Crippen molar-refractivity contribution in [2.24, 2.45) is 4.99 Å². The minimum Gasteiger partial charge on any atom is -0.497 e. The maximum absolute atomic E-state index is 13.8. The Bertz CT molecular complexity index is 1830. The number of hydrogen-bond donors (Lipinski definition) is 1. The molecule has 8 nitrogen and oxygen atoms in total. The van der Waals surface area contributed by atoms with Crippen molar-refractivity contribution >= 4 is 79.7 Å². The van der Waals surface area contributed by atoms with Crippen LogP contribution in [-0.4, -0.2) is 40.8 Å². The second kappa shape index (κ2) is 15.1. The van der Waals surface area contributed by atoms with Gasteiger partial charge in [-0.15, -0.1) is 0 Å². The zero-order chi connectivity index (χ0) is 32.8. The predicted molar refractivity (Wildman–Crippen MR) is 186 cm³/mol. The fourth-order valence-electron chi connectivity index (χ4n) is 4.44. The van der Waals surface area contributed by atoms with E-state index in [0.717, 1.165) is 11.1 Å². The van der Waals surface area contributed by atoms with Crippen molar-refractivity contribution in [3.8, 4) is 17.2 Å². The zero-order valence-electron chi connectivity index (χ0n) is 24.6. The van der Waals surface area contributed by atoms with Crippen LogP contribution in [0.3, 0.4) is 0 Å². The molecule has 1 aliphatic rings. The van der Waals surface area contributed by atoms with Gasteiger partial charge in [-0.1, -0.05) is 41.4 Å². The molecule has 5 rings (SSSR count). The summed E-state index contributed by atoms with van der Waals surface area (Å²) in [6.45, 7) is 2.71. The molecule has 46 heavy (non-hydrogen) atoms. The Balaban J connectivity index is 1.45. The highest BCUT2D eigenvalue weighted by atomic mass is 79.9. The van der Waals surface area contributed by atoms with E-state index in [0.29, 0.717) is 59.7 Å². The lowest BCUT2D eigenvalue weighted by Gasteiger charge is -2.16. The number of benzene rings is 4. The first-order chi connectivity index (χ1) is 22.1. The highest BCUT2D eigenvalue weighted by molar-refractivity contribution is 9.10. The van der Waals surface area contributed by atoms with E-state index in [-0.39, 0.29) is 24.6 Å². The molecule has 0 unspecified atom stereocenters. The van der Waals surface area contributed by atoms with E-state index in [4.69, 9.17) is 42.4 Å². The molecule has 0 bridgehead atoms. The molecule has 1 saturated heterocycles. The van der Waals surface area contributed by atoms with Gasteiger partial charge in [0.25, 0.3) is 5.91 Å². The fraction of sp³-hybridized carbons (Fsp3) is 0.147. The molecule has 0 spiro atoms. The van der Waals surface area contributed by atoms with E-state index >= 15 is 0 Å². The third-order valence-electron chi connectivity index (χ3n) is 6.72. The average Bonchev–Trinajstić information content (AvgIpc) is 3.31. The van der Waals surface area contributed by atoms with Gasteiger partial charge in [0.1, 0.15) is 12.4 Å². The number of amides is 1. The van der Waals surface area contributed by atoms with Gasteiger partial charge in [-0.3, -0.25) is 9.69 Å². The topological polar surface area (TPSA) is 97.7 Å². The van der Waals surface area contributed by atoms with Crippen LogP contribution in [0, 0.1) is 0 Å². The number of aromatic carboxylic acids is 1. The zero-order valence-corrected chi connectivity index (χ0v) is 28.5. The number of aliphatic imine (C=N–C) groups is 1. The second-order valence-corrected chi connectivity index (χ2v) is 12.6. The van der Waals surface area contributed by atoms with Crippen molar-refractivity contribution in [1.82, 2.24) is 4.90 Å². The van der Waals surface area contributed by atoms with E-state index in [1.54, 1.807) is 66.6 Å². The summed E-state index contributed by atoms with van der Waals surface area (Å²) in [5.41, 5.74) is 3.12. The van der Waals surface area contributed by atoms with Gasteiger partial charge < -0.3 is 19.3 Å². The van der Waals surface area contributed by atoms with Crippen LogP contribution in [0.5, 0.6) is 17.2 Å². The molecule has 4 aromatic rings. The van der Waals surface area contributed by atoms with E-state index in [9.17, 15) is 14.7 Å². The Hall–Kier alpha value is -3.96. The molecular weight excluding hydrogens is 715 g/mol. The van der Waals surface area contributed by atoms with Crippen LogP contribution in [0.25, 0.3) is 6.08 Å². The van der Waals surface area contributed by atoms with Gasteiger partial charge in [0.15, 0.2) is 16.7 Å². The Morgan fingerprint density at radius 1 is 0.978 bits per heavy atom. The van der Waals surface area contributed by atoms with Gasteiger partial charge in [0.2, 0.25) is 0 Å². The molecule has 1 fully saturated rings. The Labute approximate surface area is 288 Å². The van der Waals surface area contributed by atoms with E-state index in [1.807, 2.05) is 25.1 Å². The van der Waals surface area contributed by atoms with Crippen molar-refractivity contribution in [2.75, 3.05) is 13.7 Å². The van der Waals surface area contributed by atoms with Gasteiger partial charge in [-0.25, -0.2) is 9.79 Å². The molecular formula is C34H27BrCl2N2O6S. The Morgan fingerprint density at radius 3 is 2.35 bits per heavy atom. The summed E-state index contributed by atoms with van der Waals surface area (Å²) >= 11 is 17.1. The second-order valence-electron chi connectivity index (χ2n) is 9.90. The number of methoxy groups -OCH3 is 1. The van der Waals surface area contributed by atoms with Crippen molar-refractivity contribution in [3.63, 3.8) is 0 Å². The maximum Gasteiger partial charge on any atom is 0.335 e. The lowest BCUT2D eigenvalue weighted by Crippen LogP contribution is -2.28. The first kappa shape index (κ1) is 33.4. The van der Waals surface area contributed by atoms with Crippen LogP contribution < -0.4 is 14.2 Å². The molecule has 1 N–H and O–H groups in total. The fourth-order valence-corrected chi connectivity index (χ4v) is 6.34. The van der Waals surface area contributed by atoms with E-state index < -0.39 is 5.97 Å². The molecule has 0 aromatic heterocycles. The summed E-state index contributed by atoms with van der Waals surface area (Å²) in [5.74, 6) is 0.439. The Morgan fingerprint density at radius 2 is 1.70 bits per heavy atom. The van der Waals surface area contributed by atoms with Gasteiger partial charge in [-0.05, 0) is 118 Å². The van der Waals surface area contributed by atoms with Crippen molar-refractivity contribution in [1.29, 1.82) is 0 Å². The minimum absolute atomic E-state index is 0.165. The number of hydrogen-bond acceptors (Lipinski definition) is 7. The van der Waals surface area contributed by atoms with Crippen molar-refractivity contribution in [2.45, 2.75) is 20.1 Å². The number of nitrogens with zero attached hydrogens (tertiary/aromatic N) is 2. The van der Waals surface area contributed by atoms with Gasteiger partial charge >= 0.3 is 5.97 Å². The largest absolute Gasteiger partial charge is 0.497 e. The Kier molecular flexibility index (Phi) is 11.0. The normalized spacial score (nSPS) is 14.6. The van der Waals surface area contributed by atoms with Crippen LogP contribution in [-0.2, 0) is 17.9 Å². The number of carbonyl (C=O) groups excluding carboxylic acids is 1. The smallest absolute Gasteiger partial charge is 0.335 e. The van der Waals surface area contributed by atoms with E-state index in [1.165, 1.54) is 23.9 Å². The number of rotatable bonds is 11. The van der Waals surface area contributed by atoms with Crippen LogP contribution in [0.4, 0.5) is 5.69 Å². The molecule has 0 radical (unpaired) electrons. The number of halogens is 3. The van der Waals surface area contributed by atoms with Gasteiger partial charge in [0.05, 0.1) is 50.9 Å². The van der Waals surface area contributed by atoms with Crippen LogP contribution in [0.2, 0.25) is 10.0 Å². The molecule has 1 aliphatic heterocycles. The van der Waals surface area contributed by atoms with Gasteiger partial charge in [0, 0.05) is 0 Å². The predicted octanol–water partition coefficient (Wildman–Crippen LogP) is 9.24. The molecule has 12 heteroatoms. The molecule has 0 aliphatic carbocycles. The van der Waals surface area contributed by atoms with Crippen molar-refractivity contribution < 1.29 is 28.9 Å². The molecule has 4 aromatic carbocycles. The summed E-state index contributed by atoms with van der Waals surface area (Å²) in [4.78, 5) is 31.9. The highest BCUT2D eigenvalue weighted by Gasteiger charge is 2.34. The monoisotopic (exact) mass is 740 g/mol. The number of thioether (sulfide) groups is 1. The lowest BCUT2D eigenvalue weighted by atomic mass is 10.1. The van der Waals surface area contributed by atoms with Gasteiger partial charge in [-0.2, -0.15) is 0 Å². The number of carboxylic acids is 1. The third-order valence-corrected chi connectivity index (χ3v) is 9.06. The molecule has 1 heterocycles. The molecule has 0 atom stereocenters. The van der Waals surface area contributed by atoms with Crippen LogP contribution in [0.1, 0.15) is 34.0 Å². The molecule has 1 amide bonds. The minimum atomic E-state index is -1.02. The van der Waals surface area contributed by atoms with E-state index in [2.05, 4.69) is 15.9 Å². The lowest BCUT2D eigenvalue weighted by molar-refractivity contribution is -0.122. The summed E-state index contributed by atoms with van der Waals surface area (Å²) in [7, 11) is 1.59. The highest BCUT2D eigenvalue weighted by Crippen LogP contribution is 2.41. The third kappa shape index (κ3) is 8.06. The summed E-state index contributed by atoms with van der Waals surface area (Å²) in [6.07, 6.45) is 1.78. The number of ether oxygens (including phenoxy) is 3. The van der Waals surface area contributed by atoms with Crippen LogP contribution in [0.15, 0.2) is 93.2 Å². The molecule has 236 valence electrons. The summed E-state index contributed by atoms with van der Waals surface area (Å²) < 4.78 is 17.9. The maximum atomic E-state index is 13.8. The quantitative estimate of drug-likeness (QED) is 0.153. The first-order valence-electron chi connectivity index (χ1n) is 13.9. The number of carbonyl (C=O) groups is 2. The number of carboxylic acid groups (broad SMARTS) is 1. The first-order valence-corrected chi connectivity index (χ1v) is 16.3. The molecule has 0 saturated carbocycles. The standard InChI is InChI=1S/C34H27BrCl2N2O6S/c1-3-44-29-16-22(14-26(35)31(29)45-19-21-6-13-27(36)28(37)15-21)17-30-32(40)39(18-20-4-7-23(8-5-20)33(41)42)34(46-30)38-24-9-11-25(43-2)12-10-24/h4-17H,3,18-19H2,1-2H3,(H,41,42)/b30-17-,38-34?. The van der Waals surface area contributed by atoms with Crippen molar-refractivity contribution in [3.05, 3.63) is 121 Å². The van der Waals surface area contributed by atoms with Crippen LogP contribution >= 0.6 is 50.9 Å².